The number of hydrogen-bond acceptors (Lipinski definition) is 5. The van der Waals surface area contributed by atoms with Crippen LogP contribution < -0.4 is 10.6 Å². The molecule has 2 bridgehead atoms. The molecule has 2 fully saturated rings. The molecule has 17 heavy (non-hydrogen) atoms. The molecule has 2 unspecified atom stereocenters. The fourth-order valence-corrected chi connectivity index (χ4v) is 3.10. The van der Waals surface area contributed by atoms with Gasteiger partial charge in [0.1, 0.15) is 0 Å². The predicted molar refractivity (Wildman–Crippen MR) is 65.8 cm³/mol. The summed E-state index contributed by atoms with van der Waals surface area (Å²) >= 11 is 0. The topological polar surface area (TPSA) is 67.9 Å². The highest BCUT2D eigenvalue weighted by Crippen LogP contribution is 2.37. The summed E-state index contributed by atoms with van der Waals surface area (Å²) in [4.78, 5) is 6.92. The van der Waals surface area contributed by atoms with Gasteiger partial charge in [0.2, 0.25) is 5.95 Å². The maximum atomic E-state index is 6.07. The Morgan fingerprint density at radius 2 is 1.71 bits per heavy atom. The second-order valence-corrected chi connectivity index (χ2v) is 5.31. The molecule has 0 aromatic carbocycles. The highest BCUT2D eigenvalue weighted by molar-refractivity contribution is 5.37. The summed E-state index contributed by atoms with van der Waals surface area (Å²) in [5, 5.41) is 8.44. The first kappa shape index (κ1) is 10.9. The second-order valence-electron chi connectivity index (χ2n) is 5.31. The Balaban J connectivity index is 1.92. The van der Waals surface area contributed by atoms with Gasteiger partial charge in [-0.05, 0) is 39.5 Å². The number of aryl methyl sites for hydroxylation is 2. The lowest BCUT2D eigenvalue weighted by Gasteiger charge is -2.37. The highest BCUT2D eigenvalue weighted by Gasteiger charge is 2.41. The van der Waals surface area contributed by atoms with Crippen molar-refractivity contribution in [3.05, 3.63) is 11.4 Å². The number of hydrogen-bond donors (Lipinski definition) is 1. The van der Waals surface area contributed by atoms with Gasteiger partial charge in [-0.25, -0.2) is 4.98 Å². The van der Waals surface area contributed by atoms with Crippen LogP contribution in [0.1, 0.15) is 37.1 Å². The van der Waals surface area contributed by atoms with Crippen molar-refractivity contribution in [2.75, 3.05) is 4.90 Å². The number of nitrogens with zero attached hydrogens (tertiary/aromatic N) is 4. The third kappa shape index (κ3) is 1.78. The van der Waals surface area contributed by atoms with E-state index in [9.17, 15) is 0 Å². The fraction of sp³-hybridized carbons (Fsp3) is 0.750. The normalized spacial score (nSPS) is 31.9. The molecule has 92 valence electrons. The number of fused-ring (bicyclic) bond motifs is 2. The first-order chi connectivity index (χ1) is 8.15. The van der Waals surface area contributed by atoms with Crippen LogP contribution in [0, 0.1) is 13.8 Å². The Morgan fingerprint density at radius 3 is 2.29 bits per heavy atom. The van der Waals surface area contributed by atoms with Crippen molar-refractivity contribution in [3.63, 3.8) is 0 Å². The summed E-state index contributed by atoms with van der Waals surface area (Å²) in [7, 11) is 0. The minimum absolute atomic E-state index is 0.350. The summed E-state index contributed by atoms with van der Waals surface area (Å²) in [5.74, 6) is 0.799. The number of rotatable bonds is 1. The van der Waals surface area contributed by atoms with E-state index in [1.807, 2.05) is 13.8 Å². The molecular weight excluding hydrogens is 214 g/mol. The lowest BCUT2D eigenvalue weighted by molar-refractivity contribution is 0.407. The molecule has 0 saturated carbocycles. The van der Waals surface area contributed by atoms with Crippen molar-refractivity contribution < 1.29 is 0 Å². The smallest absolute Gasteiger partial charge is 0.246 e. The molecule has 0 amide bonds. The van der Waals surface area contributed by atoms with E-state index in [-0.39, 0.29) is 0 Å². The molecule has 3 rings (SSSR count). The molecule has 3 heterocycles. The molecule has 1 aromatic heterocycles. The standard InChI is InChI=1S/C12H19N5/c1-7-8(2)15-16-12(14-7)17-10-3-4-11(17)6-9(13)5-10/h9-11H,3-6,13H2,1-2H3. The van der Waals surface area contributed by atoms with Gasteiger partial charge in [-0.1, -0.05) is 0 Å². The summed E-state index contributed by atoms with van der Waals surface area (Å²) in [6.45, 7) is 3.94. The van der Waals surface area contributed by atoms with Gasteiger partial charge < -0.3 is 10.6 Å². The SMILES string of the molecule is Cc1nnc(N2C3CCC2CC(N)C3)nc1C. The van der Waals surface area contributed by atoms with Gasteiger partial charge >= 0.3 is 0 Å². The molecule has 0 spiro atoms. The minimum Gasteiger partial charge on any atom is -0.333 e. The van der Waals surface area contributed by atoms with Crippen molar-refractivity contribution in [2.45, 2.75) is 57.7 Å². The van der Waals surface area contributed by atoms with E-state index in [2.05, 4.69) is 20.1 Å². The molecule has 0 radical (unpaired) electrons. The van der Waals surface area contributed by atoms with Crippen LogP contribution in [0.2, 0.25) is 0 Å². The van der Waals surface area contributed by atoms with Gasteiger partial charge in [0, 0.05) is 18.1 Å². The molecule has 5 nitrogen and oxygen atoms in total. The van der Waals surface area contributed by atoms with Gasteiger partial charge in [0.05, 0.1) is 11.4 Å². The van der Waals surface area contributed by atoms with Gasteiger partial charge in [-0.2, -0.15) is 5.10 Å². The van der Waals surface area contributed by atoms with Crippen LogP contribution in [0.3, 0.4) is 0 Å². The molecular formula is C12H19N5. The quantitative estimate of drug-likeness (QED) is 0.782. The van der Waals surface area contributed by atoms with E-state index in [0.717, 1.165) is 30.2 Å². The van der Waals surface area contributed by atoms with Crippen LogP contribution in [-0.2, 0) is 0 Å². The summed E-state index contributed by atoms with van der Waals surface area (Å²) in [6.07, 6.45) is 4.56. The van der Waals surface area contributed by atoms with Crippen LogP contribution in [0.5, 0.6) is 0 Å². The Hall–Kier alpha value is -1.23. The molecule has 5 heteroatoms. The van der Waals surface area contributed by atoms with Crippen LogP contribution in [0.15, 0.2) is 0 Å². The van der Waals surface area contributed by atoms with Gasteiger partial charge in [0.15, 0.2) is 0 Å². The van der Waals surface area contributed by atoms with Crippen molar-refractivity contribution in [1.82, 2.24) is 15.2 Å². The fourth-order valence-electron chi connectivity index (χ4n) is 3.10. The van der Waals surface area contributed by atoms with Crippen LogP contribution in [-0.4, -0.2) is 33.3 Å². The van der Waals surface area contributed by atoms with E-state index >= 15 is 0 Å². The van der Waals surface area contributed by atoms with Crippen molar-refractivity contribution in [1.29, 1.82) is 0 Å². The van der Waals surface area contributed by atoms with Gasteiger partial charge in [0.25, 0.3) is 0 Å². The number of nitrogens with two attached hydrogens (primary N) is 1. The third-order valence-electron chi connectivity index (χ3n) is 4.08. The third-order valence-corrected chi connectivity index (χ3v) is 4.08. The van der Waals surface area contributed by atoms with Crippen molar-refractivity contribution in [2.24, 2.45) is 5.73 Å². The highest BCUT2D eigenvalue weighted by atomic mass is 15.4. The average Bonchev–Trinajstić information content (AvgIpc) is 2.55. The van der Waals surface area contributed by atoms with E-state index in [0.29, 0.717) is 18.1 Å². The molecule has 0 aliphatic carbocycles. The molecule has 2 N–H and O–H groups in total. The minimum atomic E-state index is 0.350. The lowest BCUT2D eigenvalue weighted by atomic mass is 9.99. The maximum absolute atomic E-state index is 6.07. The molecule has 2 saturated heterocycles. The summed E-state index contributed by atoms with van der Waals surface area (Å²) < 4.78 is 0. The molecule has 2 aliphatic rings. The molecule has 1 aromatic rings. The Kier molecular flexibility index (Phi) is 2.50. The average molecular weight is 233 g/mol. The van der Waals surface area contributed by atoms with Crippen molar-refractivity contribution >= 4 is 5.95 Å². The van der Waals surface area contributed by atoms with E-state index in [4.69, 9.17) is 5.73 Å². The number of aromatic nitrogens is 3. The zero-order chi connectivity index (χ0) is 12.0. The lowest BCUT2D eigenvalue weighted by Crippen LogP contribution is -2.48. The largest absolute Gasteiger partial charge is 0.333 e. The zero-order valence-electron chi connectivity index (χ0n) is 10.4. The Morgan fingerprint density at radius 1 is 1.06 bits per heavy atom. The predicted octanol–water partition coefficient (Wildman–Crippen LogP) is 0.947. The maximum Gasteiger partial charge on any atom is 0.246 e. The molecule has 2 atom stereocenters. The monoisotopic (exact) mass is 233 g/mol. The Bertz CT molecular complexity index is 419. The van der Waals surface area contributed by atoms with Crippen molar-refractivity contribution in [3.8, 4) is 0 Å². The van der Waals surface area contributed by atoms with E-state index in [1.165, 1.54) is 12.8 Å². The second kappa shape index (κ2) is 3.91. The zero-order valence-corrected chi connectivity index (χ0v) is 10.4. The summed E-state index contributed by atoms with van der Waals surface area (Å²) in [6, 6.07) is 1.39. The first-order valence-electron chi connectivity index (χ1n) is 6.37. The summed E-state index contributed by atoms with van der Waals surface area (Å²) in [5.41, 5.74) is 7.95. The number of anilines is 1. The molecule has 2 aliphatic heterocycles. The van der Waals surface area contributed by atoms with Crippen LogP contribution in [0.4, 0.5) is 5.95 Å². The van der Waals surface area contributed by atoms with Gasteiger partial charge in [-0.15, -0.1) is 5.10 Å². The van der Waals surface area contributed by atoms with E-state index < -0.39 is 0 Å². The van der Waals surface area contributed by atoms with Crippen LogP contribution >= 0.6 is 0 Å². The van der Waals surface area contributed by atoms with Gasteiger partial charge in [-0.3, -0.25) is 0 Å². The number of piperidine rings is 1. The first-order valence-corrected chi connectivity index (χ1v) is 6.37. The van der Waals surface area contributed by atoms with Crippen LogP contribution in [0.25, 0.3) is 0 Å². The van der Waals surface area contributed by atoms with E-state index in [1.54, 1.807) is 0 Å². The Labute approximate surface area is 101 Å².